The van der Waals surface area contributed by atoms with Crippen molar-refractivity contribution in [3.05, 3.63) is 18.0 Å². The molecule has 9 heteroatoms. The first-order valence-corrected chi connectivity index (χ1v) is 9.52. The predicted octanol–water partition coefficient (Wildman–Crippen LogP) is 0.267. The van der Waals surface area contributed by atoms with Gasteiger partial charge in [-0.05, 0) is 18.2 Å². The molecule has 1 unspecified atom stereocenters. The van der Waals surface area contributed by atoms with E-state index in [2.05, 4.69) is 0 Å². The summed E-state index contributed by atoms with van der Waals surface area (Å²) in [5.41, 5.74) is 5.43. The van der Waals surface area contributed by atoms with E-state index in [9.17, 15) is 13.2 Å². The van der Waals surface area contributed by atoms with Gasteiger partial charge in [-0.3, -0.25) is 4.79 Å². The molecule has 1 aliphatic heterocycles. The summed E-state index contributed by atoms with van der Waals surface area (Å²) in [6.45, 7) is 0.626. The molecule has 0 aliphatic carbocycles. The van der Waals surface area contributed by atoms with Crippen LogP contribution < -0.4 is 5.73 Å². The number of ether oxygens (including phenoxy) is 1. The fourth-order valence-electron chi connectivity index (χ4n) is 2.49. The Balaban J connectivity index is 2.35. The predicted molar refractivity (Wildman–Crippen MR) is 85.4 cm³/mol. The molecule has 0 saturated carbocycles. The van der Waals surface area contributed by atoms with Gasteiger partial charge in [0.05, 0.1) is 6.61 Å². The number of rotatable bonds is 7. The van der Waals surface area contributed by atoms with Gasteiger partial charge in [-0.15, -0.1) is 0 Å². The van der Waals surface area contributed by atoms with Crippen LogP contribution in [0.25, 0.3) is 0 Å². The number of carbonyl (C=O) groups excluding carboxylic acids is 1. The first-order valence-electron chi connectivity index (χ1n) is 6.92. The molecule has 7 nitrogen and oxygen atoms in total. The number of methoxy groups -OCH3 is 1. The lowest BCUT2D eigenvalue weighted by Gasteiger charge is -2.26. The summed E-state index contributed by atoms with van der Waals surface area (Å²) in [6.07, 6.45) is 2.25. The van der Waals surface area contributed by atoms with Gasteiger partial charge in [0.1, 0.15) is 10.6 Å². The number of carbonyl (C=O) groups is 1. The lowest BCUT2D eigenvalue weighted by molar-refractivity contribution is 0.0992. The summed E-state index contributed by atoms with van der Waals surface area (Å²) in [4.78, 5) is 11.4. The third kappa shape index (κ3) is 3.48. The van der Waals surface area contributed by atoms with Crippen LogP contribution in [0.4, 0.5) is 0 Å². The van der Waals surface area contributed by atoms with Gasteiger partial charge in [0.15, 0.2) is 0 Å². The average molecular weight is 347 g/mol. The van der Waals surface area contributed by atoms with E-state index < -0.39 is 15.9 Å². The van der Waals surface area contributed by atoms with E-state index in [4.69, 9.17) is 10.5 Å². The lowest BCUT2D eigenvalue weighted by Crippen LogP contribution is -2.42. The molecule has 1 saturated heterocycles. The molecular formula is C13H21N3O4S2. The van der Waals surface area contributed by atoms with Crippen molar-refractivity contribution >= 4 is 27.7 Å². The van der Waals surface area contributed by atoms with Gasteiger partial charge in [0.25, 0.3) is 5.91 Å². The minimum Gasteiger partial charge on any atom is -0.383 e. The first-order chi connectivity index (χ1) is 10.4. The van der Waals surface area contributed by atoms with Crippen LogP contribution >= 0.6 is 11.8 Å². The second kappa shape index (κ2) is 7.03. The topological polar surface area (TPSA) is 94.6 Å². The highest BCUT2D eigenvalue weighted by atomic mass is 32.2. The second-order valence-electron chi connectivity index (χ2n) is 5.16. The van der Waals surface area contributed by atoms with Crippen LogP contribution in [0.1, 0.15) is 16.9 Å². The third-order valence-corrected chi connectivity index (χ3v) is 6.73. The molecule has 1 fully saturated rings. The highest BCUT2D eigenvalue weighted by molar-refractivity contribution is 7.99. The maximum Gasteiger partial charge on any atom is 0.265 e. The lowest BCUT2D eigenvalue weighted by atomic mass is 10.3. The molecule has 0 radical (unpaired) electrons. The summed E-state index contributed by atoms with van der Waals surface area (Å²) in [6, 6.07) is 1.29. The van der Waals surface area contributed by atoms with E-state index in [1.54, 1.807) is 25.9 Å². The minimum absolute atomic E-state index is 0.0395. The van der Waals surface area contributed by atoms with Crippen molar-refractivity contribution in [2.45, 2.75) is 17.4 Å². The molecule has 0 bridgehead atoms. The summed E-state index contributed by atoms with van der Waals surface area (Å²) >= 11 is 1.74. The van der Waals surface area contributed by atoms with Crippen molar-refractivity contribution in [3.8, 4) is 0 Å². The highest BCUT2D eigenvalue weighted by Crippen LogP contribution is 2.28. The molecular weight excluding hydrogens is 326 g/mol. The number of primary amides is 1. The molecule has 2 heterocycles. The molecule has 1 aromatic heterocycles. The molecule has 22 heavy (non-hydrogen) atoms. The number of nitrogens with two attached hydrogens (primary N) is 1. The zero-order valence-corrected chi connectivity index (χ0v) is 14.3. The Morgan fingerprint density at radius 3 is 2.82 bits per heavy atom. The second-order valence-corrected chi connectivity index (χ2v) is 8.20. The highest BCUT2D eigenvalue weighted by Gasteiger charge is 2.34. The van der Waals surface area contributed by atoms with E-state index >= 15 is 0 Å². The number of amides is 1. The van der Waals surface area contributed by atoms with Crippen molar-refractivity contribution in [3.63, 3.8) is 0 Å². The molecule has 0 spiro atoms. The molecule has 1 atom stereocenters. The number of aromatic nitrogens is 1. The van der Waals surface area contributed by atoms with Gasteiger partial charge in [-0.1, -0.05) is 0 Å². The van der Waals surface area contributed by atoms with Crippen LogP contribution in [0.5, 0.6) is 0 Å². The maximum atomic E-state index is 12.9. The summed E-state index contributed by atoms with van der Waals surface area (Å²) in [7, 11) is -0.536. The van der Waals surface area contributed by atoms with Crippen LogP contribution in [-0.2, 0) is 21.8 Å². The molecule has 1 aromatic rings. The Hall–Kier alpha value is -1.03. The van der Waals surface area contributed by atoms with Crippen molar-refractivity contribution in [2.24, 2.45) is 12.8 Å². The van der Waals surface area contributed by atoms with Gasteiger partial charge in [-0.2, -0.15) is 16.1 Å². The van der Waals surface area contributed by atoms with E-state index in [1.165, 1.54) is 21.1 Å². The first kappa shape index (κ1) is 17.3. The van der Waals surface area contributed by atoms with Gasteiger partial charge in [0, 0.05) is 38.7 Å². The fourth-order valence-corrected chi connectivity index (χ4v) is 5.51. The smallest absolute Gasteiger partial charge is 0.265 e. The van der Waals surface area contributed by atoms with Crippen molar-refractivity contribution in [2.75, 3.05) is 31.8 Å². The Bertz CT molecular complexity index is 636. The van der Waals surface area contributed by atoms with E-state index in [-0.39, 0.29) is 16.6 Å². The third-order valence-electron chi connectivity index (χ3n) is 3.67. The average Bonchev–Trinajstić information content (AvgIpc) is 3.08. The standard InChI is InChI=1S/C13H21N3O4S2/c1-15-8-11(7-12(15)13(14)17)22(18,19)16(4-5-20-2)10-3-6-21-9-10/h7-8,10H,3-6,9H2,1-2H3,(H2,14,17). The molecule has 2 N–H and O–H groups in total. The van der Waals surface area contributed by atoms with Crippen LogP contribution in [0.2, 0.25) is 0 Å². The Kier molecular flexibility index (Phi) is 5.54. The van der Waals surface area contributed by atoms with Crippen molar-refractivity contribution in [1.29, 1.82) is 0 Å². The number of hydrogen-bond acceptors (Lipinski definition) is 5. The van der Waals surface area contributed by atoms with Crippen LogP contribution in [0, 0.1) is 0 Å². The number of aryl methyl sites for hydroxylation is 1. The number of sulfonamides is 1. The molecule has 2 rings (SSSR count). The Labute approximate surface area is 134 Å². The van der Waals surface area contributed by atoms with Crippen LogP contribution in [-0.4, -0.2) is 61.0 Å². The summed E-state index contributed by atoms with van der Waals surface area (Å²) < 4.78 is 33.8. The van der Waals surface area contributed by atoms with Gasteiger partial charge < -0.3 is 15.0 Å². The normalized spacial score (nSPS) is 19.0. The fraction of sp³-hybridized carbons (Fsp3) is 0.615. The van der Waals surface area contributed by atoms with Crippen LogP contribution in [0.3, 0.4) is 0 Å². The van der Waals surface area contributed by atoms with Crippen molar-refractivity contribution < 1.29 is 17.9 Å². The van der Waals surface area contributed by atoms with Crippen LogP contribution in [0.15, 0.2) is 17.2 Å². The SMILES string of the molecule is COCCN(C1CCSC1)S(=O)(=O)c1cc(C(N)=O)n(C)c1. The summed E-state index contributed by atoms with van der Waals surface area (Å²) in [5, 5.41) is 0. The van der Waals surface area contributed by atoms with E-state index in [0.29, 0.717) is 13.2 Å². The minimum atomic E-state index is -3.68. The largest absolute Gasteiger partial charge is 0.383 e. The van der Waals surface area contributed by atoms with Gasteiger partial charge in [0.2, 0.25) is 10.0 Å². The van der Waals surface area contributed by atoms with Gasteiger partial charge in [-0.25, -0.2) is 8.42 Å². The zero-order valence-electron chi connectivity index (χ0n) is 12.7. The van der Waals surface area contributed by atoms with Crippen molar-refractivity contribution in [1.82, 2.24) is 8.87 Å². The molecule has 124 valence electrons. The number of hydrogen-bond donors (Lipinski definition) is 1. The monoisotopic (exact) mass is 347 g/mol. The quantitative estimate of drug-likeness (QED) is 0.764. The Morgan fingerprint density at radius 2 is 2.32 bits per heavy atom. The molecule has 0 aromatic carbocycles. The molecule has 1 aliphatic rings. The maximum absolute atomic E-state index is 12.9. The summed E-state index contributed by atoms with van der Waals surface area (Å²) in [5.74, 6) is 1.08. The Morgan fingerprint density at radius 1 is 1.59 bits per heavy atom. The van der Waals surface area contributed by atoms with E-state index in [0.717, 1.165) is 17.9 Å². The molecule has 1 amide bonds. The number of nitrogens with zero attached hydrogens (tertiary/aromatic N) is 2. The zero-order chi connectivity index (χ0) is 16.3. The van der Waals surface area contributed by atoms with Gasteiger partial charge >= 0.3 is 0 Å². The number of thioether (sulfide) groups is 1. The van der Waals surface area contributed by atoms with E-state index in [1.807, 2.05) is 0 Å².